The fourth-order valence-corrected chi connectivity index (χ4v) is 2.92. The van der Waals surface area contributed by atoms with Gasteiger partial charge in [-0.3, -0.25) is 4.79 Å². The van der Waals surface area contributed by atoms with Gasteiger partial charge in [0.15, 0.2) is 0 Å². The molecule has 1 saturated heterocycles. The van der Waals surface area contributed by atoms with E-state index in [1.54, 1.807) is 4.90 Å². The van der Waals surface area contributed by atoms with Crippen LogP contribution in [-0.2, 0) is 0 Å². The second-order valence-electron chi connectivity index (χ2n) is 5.70. The van der Waals surface area contributed by atoms with Crippen LogP contribution in [-0.4, -0.2) is 41.7 Å². The van der Waals surface area contributed by atoms with Crippen molar-refractivity contribution in [2.45, 2.75) is 19.4 Å². The summed E-state index contributed by atoms with van der Waals surface area (Å²) >= 11 is 0. The summed E-state index contributed by atoms with van der Waals surface area (Å²) in [6.07, 6.45) is 0.249. The van der Waals surface area contributed by atoms with Crippen LogP contribution in [0.4, 0.5) is 0 Å². The zero-order chi connectivity index (χ0) is 16.2. The molecule has 3 rings (SSSR count). The van der Waals surface area contributed by atoms with Gasteiger partial charge in [-0.1, -0.05) is 30.3 Å². The summed E-state index contributed by atoms with van der Waals surface area (Å²) in [6, 6.07) is 15.4. The van der Waals surface area contributed by atoms with Crippen LogP contribution in [0.2, 0.25) is 0 Å². The normalized spacial score (nSPS) is 17.3. The second-order valence-corrected chi connectivity index (χ2v) is 5.70. The first kappa shape index (κ1) is 15.6. The number of hydrogen-bond donors (Lipinski definition) is 1. The lowest BCUT2D eigenvalue weighted by molar-refractivity contribution is 0.0765. The van der Waals surface area contributed by atoms with Crippen LogP contribution in [0.3, 0.4) is 0 Å². The van der Waals surface area contributed by atoms with Crippen molar-refractivity contribution < 1.29 is 14.6 Å². The van der Waals surface area contributed by atoms with Crippen molar-refractivity contribution in [3.05, 3.63) is 54.1 Å². The monoisotopic (exact) mass is 311 g/mol. The number of carbonyl (C=O) groups excluding carboxylic acids is 1. The second kappa shape index (κ2) is 6.84. The van der Waals surface area contributed by atoms with Gasteiger partial charge in [0.25, 0.3) is 5.91 Å². The number of rotatable bonds is 4. The van der Waals surface area contributed by atoms with E-state index in [4.69, 9.17) is 4.74 Å². The minimum Gasteiger partial charge on any atom is -0.493 e. The maximum atomic E-state index is 12.6. The van der Waals surface area contributed by atoms with Crippen LogP contribution in [0.15, 0.2) is 48.5 Å². The summed E-state index contributed by atoms with van der Waals surface area (Å²) in [5, 5.41) is 9.61. The van der Waals surface area contributed by atoms with E-state index >= 15 is 0 Å². The summed E-state index contributed by atoms with van der Waals surface area (Å²) in [7, 11) is 0. The van der Waals surface area contributed by atoms with Crippen molar-refractivity contribution in [1.82, 2.24) is 4.90 Å². The van der Waals surface area contributed by atoms with E-state index in [1.165, 1.54) is 0 Å². The van der Waals surface area contributed by atoms with E-state index in [9.17, 15) is 9.90 Å². The number of hydrogen-bond acceptors (Lipinski definition) is 3. The number of benzene rings is 2. The first-order valence-electron chi connectivity index (χ1n) is 7.98. The molecule has 120 valence electrons. The van der Waals surface area contributed by atoms with Gasteiger partial charge in [-0.25, -0.2) is 0 Å². The van der Waals surface area contributed by atoms with E-state index < -0.39 is 6.10 Å². The largest absolute Gasteiger partial charge is 0.493 e. The molecular formula is C19H21NO3. The summed E-state index contributed by atoms with van der Waals surface area (Å²) < 4.78 is 5.68. The van der Waals surface area contributed by atoms with Crippen molar-refractivity contribution in [3.8, 4) is 16.9 Å². The number of amides is 1. The molecule has 1 aliphatic heterocycles. The molecule has 1 fully saturated rings. The zero-order valence-electron chi connectivity index (χ0n) is 13.2. The van der Waals surface area contributed by atoms with Crippen molar-refractivity contribution >= 4 is 5.91 Å². The minimum absolute atomic E-state index is 0.0303. The number of likely N-dealkylation sites (tertiary alicyclic amines) is 1. The zero-order valence-corrected chi connectivity index (χ0v) is 13.2. The Labute approximate surface area is 136 Å². The Morgan fingerprint density at radius 1 is 1.26 bits per heavy atom. The molecule has 2 aromatic carbocycles. The van der Waals surface area contributed by atoms with Crippen molar-refractivity contribution in [3.63, 3.8) is 0 Å². The number of β-amino-alcohol motifs (C(OH)–C–C–N with tert-alkyl or cyclic N) is 1. The molecule has 4 nitrogen and oxygen atoms in total. The van der Waals surface area contributed by atoms with Gasteiger partial charge in [0.05, 0.1) is 12.7 Å². The standard InChI is InChI=1S/C19H21NO3/c1-2-23-18-9-4-3-8-17(18)14-6-5-7-15(12-14)19(22)20-11-10-16(21)13-20/h3-9,12,16,21H,2,10-11,13H2,1H3/t16-/m1/s1. The van der Waals surface area contributed by atoms with Crippen LogP contribution in [0.25, 0.3) is 11.1 Å². The third kappa shape index (κ3) is 3.37. The highest BCUT2D eigenvalue weighted by Crippen LogP contribution is 2.30. The van der Waals surface area contributed by atoms with Crippen LogP contribution in [0.5, 0.6) is 5.75 Å². The molecule has 1 heterocycles. The van der Waals surface area contributed by atoms with Gasteiger partial charge >= 0.3 is 0 Å². The quantitative estimate of drug-likeness (QED) is 0.944. The molecule has 1 N–H and O–H groups in total. The van der Waals surface area contributed by atoms with Crippen LogP contribution >= 0.6 is 0 Å². The first-order chi connectivity index (χ1) is 11.2. The van der Waals surface area contributed by atoms with E-state index in [0.29, 0.717) is 31.7 Å². The highest BCUT2D eigenvalue weighted by atomic mass is 16.5. The molecule has 0 aromatic heterocycles. The fourth-order valence-electron chi connectivity index (χ4n) is 2.92. The lowest BCUT2D eigenvalue weighted by Crippen LogP contribution is -2.29. The molecule has 0 radical (unpaired) electrons. The minimum atomic E-state index is -0.402. The Balaban J connectivity index is 1.90. The number of carbonyl (C=O) groups is 1. The van der Waals surface area contributed by atoms with E-state index in [2.05, 4.69) is 0 Å². The first-order valence-corrected chi connectivity index (χ1v) is 7.98. The smallest absolute Gasteiger partial charge is 0.253 e. The summed E-state index contributed by atoms with van der Waals surface area (Å²) in [6.45, 7) is 3.58. The van der Waals surface area contributed by atoms with E-state index in [1.807, 2.05) is 55.5 Å². The predicted octanol–water partition coefficient (Wildman–Crippen LogP) is 2.96. The molecular weight excluding hydrogens is 290 g/mol. The molecule has 23 heavy (non-hydrogen) atoms. The summed E-state index contributed by atoms with van der Waals surface area (Å²) in [5.41, 5.74) is 2.58. The van der Waals surface area contributed by atoms with Gasteiger partial charge in [-0.05, 0) is 37.1 Å². The highest BCUT2D eigenvalue weighted by Gasteiger charge is 2.25. The average Bonchev–Trinajstić information content (AvgIpc) is 3.01. The molecule has 0 saturated carbocycles. The van der Waals surface area contributed by atoms with Gasteiger partial charge in [-0.2, -0.15) is 0 Å². The Bertz CT molecular complexity index is 699. The van der Waals surface area contributed by atoms with Gasteiger partial charge in [0, 0.05) is 24.2 Å². The van der Waals surface area contributed by atoms with Crippen LogP contribution in [0.1, 0.15) is 23.7 Å². The number of aliphatic hydroxyl groups is 1. The topological polar surface area (TPSA) is 49.8 Å². The van der Waals surface area contributed by atoms with Gasteiger partial charge < -0.3 is 14.7 Å². The van der Waals surface area contributed by atoms with Gasteiger partial charge in [-0.15, -0.1) is 0 Å². The lowest BCUT2D eigenvalue weighted by atomic mass is 10.0. The predicted molar refractivity (Wildman–Crippen MR) is 89.6 cm³/mol. The third-order valence-electron chi connectivity index (χ3n) is 4.06. The Kier molecular flexibility index (Phi) is 4.63. The third-order valence-corrected chi connectivity index (χ3v) is 4.06. The number of para-hydroxylation sites is 1. The Morgan fingerprint density at radius 3 is 2.83 bits per heavy atom. The number of nitrogens with zero attached hydrogens (tertiary/aromatic N) is 1. The molecule has 0 bridgehead atoms. The molecule has 0 aliphatic carbocycles. The molecule has 2 aromatic rings. The molecule has 1 aliphatic rings. The number of ether oxygens (including phenoxy) is 1. The molecule has 0 spiro atoms. The van der Waals surface area contributed by atoms with Crippen molar-refractivity contribution in [2.24, 2.45) is 0 Å². The fraction of sp³-hybridized carbons (Fsp3) is 0.316. The lowest BCUT2D eigenvalue weighted by Gasteiger charge is -2.16. The highest BCUT2D eigenvalue weighted by molar-refractivity contribution is 5.96. The maximum absolute atomic E-state index is 12.6. The van der Waals surface area contributed by atoms with Gasteiger partial charge in [0.1, 0.15) is 5.75 Å². The van der Waals surface area contributed by atoms with Crippen LogP contribution < -0.4 is 4.74 Å². The summed E-state index contributed by atoms with van der Waals surface area (Å²) in [5.74, 6) is 0.786. The SMILES string of the molecule is CCOc1ccccc1-c1cccc(C(=O)N2CC[C@@H](O)C2)c1. The van der Waals surface area contributed by atoms with E-state index in [0.717, 1.165) is 16.9 Å². The number of aliphatic hydroxyl groups excluding tert-OH is 1. The maximum Gasteiger partial charge on any atom is 0.253 e. The Morgan fingerprint density at radius 2 is 2.09 bits per heavy atom. The average molecular weight is 311 g/mol. The van der Waals surface area contributed by atoms with Crippen molar-refractivity contribution in [1.29, 1.82) is 0 Å². The molecule has 4 heteroatoms. The van der Waals surface area contributed by atoms with E-state index in [-0.39, 0.29) is 5.91 Å². The summed E-state index contributed by atoms with van der Waals surface area (Å²) in [4.78, 5) is 14.3. The molecule has 1 amide bonds. The Hall–Kier alpha value is -2.33. The van der Waals surface area contributed by atoms with Gasteiger partial charge in [0.2, 0.25) is 0 Å². The van der Waals surface area contributed by atoms with Crippen molar-refractivity contribution in [2.75, 3.05) is 19.7 Å². The molecule has 0 unspecified atom stereocenters. The molecule has 1 atom stereocenters. The van der Waals surface area contributed by atoms with Crippen LogP contribution in [0, 0.1) is 0 Å².